The number of methoxy groups -OCH3 is 1. The second kappa shape index (κ2) is 8.27. The monoisotopic (exact) mass is 378 g/mol. The Bertz CT molecular complexity index is 681. The molecule has 0 aromatic heterocycles. The Labute approximate surface area is 159 Å². The third kappa shape index (κ3) is 4.30. The minimum Gasteiger partial charge on any atom is -0.375 e. The summed E-state index contributed by atoms with van der Waals surface area (Å²) in [4.78, 5) is 18.4. The highest BCUT2D eigenvalue weighted by Gasteiger charge is 2.42. The summed E-state index contributed by atoms with van der Waals surface area (Å²) in [6.07, 6.45) is 2.66. The fourth-order valence-electron chi connectivity index (χ4n) is 3.99. The van der Waals surface area contributed by atoms with Gasteiger partial charge in [0.2, 0.25) is 5.91 Å². The summed E-state index contributed by atoms with van der Waals surface area (Å²) in [5, 5.41) is 7.11. The number of halogens is 1. The van der Waals surface area contributed by atoms with E-state index in [0.717, 1.165) is 44.0 Å². The molecular weight excluding hydrogens is 352 g/mol. The molecule has 0 saturated carbocycles. The molecule has 2 unspecified atom stereocenters. The van der Waals surface area contributed by atoms with Crippen LogP contribution in [0.3, 0.4) is 0 Å². The number of nitrogens with one attached hydrogen (secondary N) is 2. The topological polar surface area (TPSA) is 66.0 Å². The van der Waals surface area contributed by atoms with Crippen molar-refractivity contribution in [1.82, 2.24) is 15.5 Å². The number of hydrogen-bond acceptors (Lipinski definition) is 3. The minimum absolute atomic E-state index is 0.0422. The molecule has 0 radical (unpaired) electrons. The molecule has 7 heteroatoms. The highest BCUT2D eigenvalue weighted by atomic mass is 35.5. The predicted molar refractivity (Wildman–Crippen MR) is 103 cm³/mol. The molecule has 6 nitrogen and oxygen atoms in total. The molecule has 1 aromatic rings. The van der Waals surface area contributed by atoms with Crippen molar-refractivity contribution in [2.24, 2.45) is 10.4 Å². The number of nitrogens with zero attached hydrogens (tertiary/aromatic N) is 2. The van der Waals surface area contributed by atoms with E-state index in [0.29, 0.717) is 18.0 Å². The number of carbonyl (C=O) groups excluding carboxylic acids is 1. The van der Waals surface area contributed by atoms with Crippen LogP contribution in [0.5, 0.6) is 0 Å². The van der Waals surface area contributed by atoms with Crippen molar-refractivity contribution in [2.45, 2.75) is 25.4 Å². The van der Waals surface area contributed by atoms with Crippen molar-refractivity contribution >= 4 is 23.5 Å². The van der Waals surface area contributed by atoms with Crippen LogP contribution in [-0.2, 0) is 9.53 Å². The number of guanidine groups is 1. The van der Waals surface area contributed by atoms with Crippen LogP contribution in [0.25, 0.3) is 0 Å². The van der Waals surface area contributed by atoms with E-state index in [4.69, 9.17) is 16.3 Å². The molecule has 2 N–H and O–H groups in total. The minimum atomic E-state index is -0.112. The van der Waals surface area contributed by atoms with E-state index in [1.54, 1.807) is 14.2 Å². The van der Waals surface area contributed by atoms with Crippen LogP contribution in [0, 0.1) is 5.41 Å². The maximum atomic E-state index is 11.7. The summed E-state index contributed by atoms with van der Waals surface area (Å²) in [7, 11) is 3.49. The van der Waals surface area contributed by atoms with Gasteiger partial charge in [0, 0.05) is 57.2 Å². The van der Waals surface area contributed by atoms with Gasteiger partial charge in [0.15, 0.2) is 5.96 Å². The molecule has 2 saturated heterocycles. The van der Waals surface area contributed by atoms with Crippen molar-refractivity contribution < 1.29 is 9.53 Å². The standard InChI is InChI=1S/C19H27ClN4O2/c1-21-18(22-11-16(26-2)14-5-3-6-15(20)9-14)24-8-4-7-19(13-24)10-17(25)23-12-19/h3,5-6,9,16H,4,7-8,10-13H2,1-2H3,(H,21,22)(H,23,25). The highest BCUT2D eigenvalue weighted by Crippen LogP contribution is 2.36. The largest absolute Gasteiger partial charge is 0.375 e. The number of likely N-dealkylation sites (tertiary alicyclic amines) is 1. The molecule has 142 valence electrons. The fraction of sp³-hybridized carbons (Fsp3) is 0.579. The van der Waals surface area contributed by atoms with E-state index in [1.165, 1.54) is 0 Å². The van der Waals surface area contributed by atoms with E-state index in [1.807, 2.05) is 24.3 Å². The smallest absolute Gasteiger partial charge is 0.220 e. The summed E-state index contributed by atoms with van der Waals surface area (Å²) in [5.74, 6) is 1.02. The molecule has 2 atom stereocenters. The lowest BCUT2D eigenvalue weighted by molar-refractivity contribution is -0.119. The Kier molecular flexibility index (Phi) is 6.04. The lowest BCUT2D eigenvalue weighted by Crippen LogP contribution is -2.51. The first-order chi connectivity index (χ1) is 12.5. The Balaban J connectivity index is 1.63. The molecule has 3 rings (SSSR count). The van der Waals surface area contributed by atoms with Crippen LogP contribution in [0.1, 0.15) is 30.9 Å². The number of ether oxygens (including phenoxy) is 1. The average molecular weight is 379 g/mol. The van der Waals surface area contributed by atoms with Gasteiger partial charge in [-0.25, -0.2) is 0 Å². The van der Waals surface area contributed by atoms with Gasteiger partial charge >= 0.3 is 0 Å². The first-order valence-electron chi connectivity index (χ1n) is 9.06. The summed E-state index contributed by atoms with van der Waals surface area (Å²) < 4.78 is 5.63. The molecule has 2 heterocycles. The molecule has 1 spiro atoms. The normalized spacial score (nSPS) is 24.7. The second-order valence-corrected chi connectivity index (χ2v) is 7.62. The van der Waals surface area contributed by atoms with Crippen molar-refractivity contribution in [2.75, 3.05) is 40.3 Å². The van der Waals surface area contributed by atoms with Gasteiger partial charge in [0.1, 0.15) is 0 Å². The molecule has 0 aliphatic carbocycles. The van der Waals surface area contributed by atoms with Gasteiger partial charge in [0.05, 0.1) is 6.10 Å². The number of hydrogen-bond donors (Lipinski definition) is 2. The van der Waals surface area contributed by atoms with Crippen LogP contribution < -0.4 is 10.6 Å². The number of aliphatic imine (C=N–C) groups is 1. The average Bonchev–Trinajstić information content (AvgIpc) is 2.98. The second-order valence-electron chi connectivity index (χ2n) is 7.19. The molecule has 2 aliphatic rings. The lowest BCUT2D eigenvalue weighted by atomic mass is 9.79. The van der Waals surface area contributed by atoms with Crippen LogP contribution >= 0.6 is 11.6 Å². The van der Waals surface area contributed by atoms with Gasteiger partial charge in [0.25, 0.3) is 0 Å². The molecule has 0 bridgehead atoms. The lowest BCUT2D eigenvalue weighted by Gasteiger charge is -2.41. The van der Waals surface area contributed by atoms with E-state index >= 15 is 0 Å². The van der Waals surface area contributed by atoms with E-state index in [9.17, 15) is 4.79 Å². The molecule has 2 fully saturated rings. The summed E-state index contributed by atoms with van der Waals surface area (Å²) in [6, 6.07) is 7.72. The number of carbonyl (C=O) groups is 1. The SMILES string of the molecule is CN=C(NCC(OC)c1cccc(Cl)c1)N1CCCC2(CNC(=O)C2)C1. The quantitative estimate of drug-likeness (QED) is 0.622. The molecule has 1 amide bonds. The van der Waals surface area contributed by atoms with Crippen molar-refractivity contribution in [3.05, 3.63) is 34.9 Å². The van der Waals surface area contributed by atoms with E-state index in [2.05, 4.69) is 20.5 Å². The van der Waals surface area contributed by atoms with Crippen LogP contribution in [0.4, 0.5) is 0 Å². The van der Waals surface area contributed by atoms with Crippen LogP contribution in [0.2, 0.25) is 5.02 Å². The summed E-state index contributed by atoms with van der Waals surface area (Å²) in [5.41, 5.74) is 1.07. The van der Waals surface area contributed by atoms with Gasteiger partial charge in [-0.2, -0.15) is 0 Å². The zero-order valence-electron chi connectivity index (χ0n) is 15.4. The van der Waals surface area contributed by atoms with Crippen molar-refractivity contribution in [1.29, 1.82) is 0 Å². The number of piperidine rings is 1. The van der Waals surface area contributed by atoms with Gasteiger partial charge in [-0.05, 0) is 30.5 Å². The zero-order valence-corrected chi connectivity index (χ0v) is 16.2. The van der Waals surface area contributed by atoms with E-state index < -0.39 is 0 Å². The predicted octanol–water partition coefficient (Wildman–Crippen LogP) is 2.21. The van der Waals surface area contributed by atoms with Crippen LogP contribution in [0.15, 0.2) is 29.3 Å². The molecule has 2 aliphatic heterocycles. The maximum Gasteiger partial charge on any atom is 0.220 e. The first kappa shape index (κ1) is 19.0. The zero-order chi connectivity index (χ0) is 18.6. The third-order valence-electron chi connectivity index (χ3n) is 5.32. The fourth-order valence-corrected chi connectivity index (χ4v) is 4.19. The summed E-state index contributed by atoms with van der Waals surface area (Å²) >= 11 is 6.10. The number of rotatable bonds is 4. The maximum absolute atomic E-state index is 11.7. The van der Waals surface area contributed by atoms with Crippen LogP contribution in [-0.4, -0.2) is 57.1 Å². The van der Waals surface area contributed by atoms with Gasteiger partial charge < -0.3 is 20.3 Å². The number of benzene rings is 1. The van der Waals surface area contributed by atoms with Gasteiger partial charge in [-0.3, -0.25) is 9.79 Å². The molecule has 26 heavy (non-hydrogen) atoms. The van der Waals surface area contributed by atoms with Crippen molar-refractivity contribution in [3.8, 4) is 0 Å². The van der Waals surface area contributed by atoms with E-state index in [-0.39, 0.29) is 17.4 Å². The van der Waals surface area contributed by atoms with Gasteiger partial charge in [-0.15, -0.1) is 0 Å². The molecule has 1 aromatic carbocycles. The van der Waals surface area contributed by atoms with Gasteiger partial charge in [-0.1, -0.05) is 23.7 Å². The van der Waals surface area contributed by atoms with Crippen molar-refractivity contribution in [3.63, 3.8) is 0 Å². The summed E-state index contributed by atoms with van der Waals surface area (Å²) in [6.45, 7) is 3.16. The Morgan fingerprint density at radius 3 is 3.04 bits per heavy atom. The molecular formula is C19H27ClN4O2. The number of amides is 1. The third-order valence-corrected chi connectivity index (χ3v) is 5.55. The Morgan fingerprint density at radius 2 is 2.38 bits per heavy atom. The Morgan fingerprint density at radius 1 is 1.54 bits per heavy atom. The highest BCUT2D eigenvalue weighted by molar-refractivity contribution is 6.30. The first-order valence-corrected chi connectivity index (χ1v) is 9.44. The Hall–Kier alpha value is -1.79.